The van der Waals surface area contributed by atoms with Crippen LogP contribution in [0.4, 0.5) is 4.79 Å². The summed E-state index contributed by atoms with van der Waals surface area (Å²) < 4.78 is 26.2. The molecule has 1 rings (SSSR count). The molecule has 9 heteroatoms. The van der Waals surface area contributed by atoms with Crippen molar-refractivity contribution in [1.82, 2.24) is 15.4 Å². The highest BCUT2D eigenvalue weighted by molar-refractivity contribution is 7.89. The molecule has 4 N–H and O–H groups in total. The van der Waals surface area contributed by atoms with Crippen LogP contribution >= 0.6 is 0 Å². The molecule has 1 aromatic carbocycles. The topological polar surface area (TPSA) is 125 Å². The highest BCUT2D eigenvalue weighted by atomic mass is 32.2. The van der Waals surface area contributed by atoms with Gasteiger partial charge in [-0.25, -0.2) is 17.9 Å². The van der Waals surface area contributed by atoms with E-state index in [0.29, 0.717) is 18.5 Å². The number of amides is 2. The summed E-state index contributed by atoms with van der Waals surface area (Å²) in [5.74, 6) is -0.911. The molecule has 0 atom stereocenters. The van der Waals surface area contributed by atoms with Crippen molar-refractivity contribution in [2.45, 2.75) is 31.2 Å². The van der Waals surface area contributed by atoms with E-state index >= 15 is 0 Å². The molecule has 0 saturated heterocycles. The molecule has 0 bridgehead atoms. The maximum atomic E-state index is 11.9. The molecule has 0 saturated carbocycles. The maximum absolute atomic E-state index is 11.9. The molecular weight excluding hydrogens is 322 g/mol. The molecule has 0 heterocycles. The molecule has 2 amide bonds. The Morgan fingerprint density at radius 2 is 1.96 bits per heavy atom. The van der Waals surface area contributed by atoms with Crippen LogP contribution in [0.5, 0.6) is 0 Å². The molecule has 0 aliphatic rings. The molecule has 128 valence electrons. The SMILES string of the molecule is CCNS(=O)(=O)c1cccc(CNC(=O)NCCCC(=O)O)c1. The molecule has 23 heavy (non-hydrogen) atoms. The number of carboxylic acids is 1. The minimum absolute atomic E-state index is 0.00931. The quantitative estimate of drug-likeness (QED) is 0.490. The molecule has 0 fully saturated rings. The second-order valence-electron chi connectivity index (χ2n) is 4.76. The van der Waals surface area contributed by atoms with E-state index in [2.05, 4.69) is 15.4 Å². The highest BCUT2D eigenvalue weighted by Crippen LogP contribution is 2.11. The zero-order valence-corrected chi connectivity index (χ0v) is 13.6. The van der Waals surface area contributed by atoms with Gasteiger partial charge in [0.1, 0.15) is 0 Å². The standard InChI is InChI=1S/C14H21N3O5S/c1-2-17-23(21,22)12-6-3-5-11(9-12)10-16-14(20)15-8-4-7-13(18)19/h3,5-6,9,17H,2,4,7-8,10H2,1H3,(H,18,19)(H2,15,16,20). The molecule has 0 aliphatic heterocycles. The predicted molar refractivity (Wildman–Crippen MR) is 84.4 cm³/mol. The van der Waals surface area contributed by atoms with Crippen molar-refractivity contribution in [2.75, 3.05) is 13.1 Å². The van der Waals surface area contributed by atoms with Gasteiger partial charge >= 0.3 is 12.0 Å². The van der Waals surface area contributed by atoms with Gasteiger partial charge in [0, 0.05) is 26.1 Å². The number of benzene rings is 1. The first-order valence-electron chi connectivity index (χ1n) is 7.17. The van der Waals surface area contributed by atoms with Gasteiger partial charge in [0.25, 0.3) is 0 Å². The summed E-state index contributed by atoms with van der Waals surface area (Å²) in [7, 11) is -3.53. The number of carboxylic acid groups (broad SMARTS) is 1. The Balaban J connectivity index is 2.49. The van der Waals surface area contributed by atoms with Crippen LogP contribution < -0.4 is 15.4 Å². The lowest BCUT2D eigenvalue weighted by molar-refractivity contribution is -0.137. The van der Waals surface area contributed by atoms with Gasteiger partial charge in [0.15, 0.2) is 0 Å². The summed E-state index contributed by atoms with van der Waals surface area (Å²) in [6, 6.07) is 5.84. The fourth-order valence-corrected chi connectivity index (χ4v) is 2.89. The smallest absolute Gasteiger partial charge is 0.315 e. The molecule has 0 radical (unpaired) electrons. The van der Waals surface area contributed by atoms with E-state index in [1.165, 1.54) is 12.1 Å². The Morgan fingerprint density at radius 3 is 2.61 bits per heavy atom. The van der Waals surface area contributed by atoms with Crippen LogP contribution in [0.3, 0.4) is 0 Å². The van der Waals surface area contributed by atoms with Crippen molar-refractivity contribution in [3.8, 4) is 0 Å². The summed E-state index contributed by atoms with van der Waals surface area (Å²) in [4.78, 5) is 22.0. The van der Waals surface area contributed by atoms with E-state index in [0.717, 1.165) is 0 Å². The molecular formula is C14H21N3O5S. The van der Waals surface area contributed by atoms with Gasteiger partial charge in [-0.05, 0) is 24.1 Å². The third-order valence-electron chi connectivity index (χ3n) is 2.85. The van der Waals surface area contributed by atoms with Crippen LogP contribution in [0.2, 0.25) is 0 Å². The molecule has 0 aromatic heterocycles. The maximum Gasteiger partial charge on any atom is 0.315 e. The molecule has 8 nitrogen and oxygen atoms in total. The Morgan fingerprint density at radius 1 is 1.22 bits per heavy atom. The van der Waals surface area contributed by atoms with Crippen molar-refractivity contribution in [1.29, 1.82) is 0 Å². The largest absolute Gasteiger partial charge is 0.481 e. The molecule has 1 aromatic rings. The van der Waals surface area contributed by atoms with Gasteiger partial charge < -0.3 is 15.7 Å². The van der Waals surface area contributed by atoms with Gasteiger partial charge in [-0.1, -0.05) is 19.1 Å². The zero-order valence-electron chi connectivity index (χ0n) is 12.8. The molecule has 0 aliphatic carbocycles. The lowest BCUT2D eigenvalue weighted by atomic mass is 10.2. The van der Waals surface area contributed by atoms with Crippen LogP contribution in [0.15, 0.2) is 29.2 Å². The second kappa shape index (κ2) is 9.11. The number of sulfonamides is 1. The molecule has 0 unspecified atom stereocenters. The average molecular weight is 343 g/mol. The van der Waals surface area contributed by atoms with E-state index in [1.54, 1.807) is 19.1 Å². The number of carbonyl (C=O) groups is 2. The predicted octanol–water partition coefficient (Wildman–Crippen LogP) is 0.649. The van der Waals surface area contributed by atoms with Crippen LogP contribution in [-0.2, 0) is 21.4 Å². The van der Waals surface area contributed by atoms with E-state index in [-0.39, 0.29) is 24.4 Å². The Labute approximate surface area is 135 Å². The number of nitrogens with one attached hydrogen (secondary N) is 3. The number of carbonyl (C=O) groups excluding carboxylic acids is 1. The van der Waals surface area contributed by atoms with Crippen molar-refractivity contribution in [3.05, 3.63) is 29.8 Å². The number of hydrogen-bond donors (Lipinski definition) is 4. The van der Waals surface area contributed by atoms with Crippen LogP contribution in [0.1, 0.15) is 25.3 Å². The minimum Gasteiger partial charge on any atom is -0.481 e. The number of urea groups is 1. The van der Waals surface area contributed by atoms with Gasteiger partial charge in [0.05, 0.1) is 4.90 Å². The van der Waals surface area contributed by atoms with Crippen LogP contribution in [0.25, 0.3) is 0 Å². The van der Waals surface area contributed by atoms with Crippen molar-refractivity contribution < 1.29 is 23.1 Å². The lowest BCUT2D eigenvalue weighted by Gasteiger charge is -2.09. The fourth-order valence-electron chi connectivity index (χ4n) is 1.78. The fraction of sp³-hybridized carbons (Fsp3) is 0.429. The summed E-state index contributed by atoms with van der Waals surface area (Å²) in [5, 5.41) is 13.6. The normalized spacial score (nSPS) is 11.0. The van der Waals surface area contributed by atoms with Crippen molar-refractivity contribution in [3.63, 3.8) is 0 Å². The highest BCUT2D eigenvalue weighted by Gasteiger charge is 2.12. The summed E-state index contributed by atoms with van der Waals surface area (Å²) in [6.45, 7) is 2.41. The van der Waals surface area contributed by atoms with E-state index in [1.807, 2.05) is 0 Å². The summed E-state index contributed by atoms with van der Waals surface area (Å²) >= 11 is 0. The van der Waals surface area contributed by atoms with Crippen molar-refractivity contribution in [2.24, 2.45) is 0 Å². The molecule has 0 spiro atoms. The third-order valence-corrected chi connectivity index (χ3v) is 4.39. The monoisotopic (exact) mass is 343 g/mol. The first-order chi connectivity index (χ1) is 10.8. The van der Waals surface area contributed by atoms with E-state index in [9.17, 15) is 18.0 Å². The van der Waals surface area contributed by atoms with Gasteiger partial charge in [-0.15, -0.1) is 0 Å². The second-order valence-corrected chi connectivity index (χ2v) is 6.52. The summed E-state index contributed by atoms with van der Waals surface area (Å²) in [6.07, 6.45) is 0.337. The third kappa shape index (κ3) is 7.11. The van der Waals surface area contributed by atoms with Gasteiger partial charge in [0.2, 0.25) is 10.0 Å². The Hall–Kier alpha value is -2.13. The number of rotatable bonds is 9. The van der Waals surface area contributed by atoms with E-state index < -0.39 is 22.0 Å². The van der Waals surface area contributed by atoms with Crippen LogP contribution in [0, 0.1) is 0 Å². The number of aliphatic carboxylic acids is 1. The van der Waals surface area contributed by atoms with Crippen LogP contribution in [-0.4, -0.2) is 38.6 Å². The minimum atomic E-state index is -3.53. The van der Waals surface area contributed by atoms with Gasteiger partial charge in [-0.2, -0.15) is 0 Å². The number of hydrogen-bond acceptors (Lipinski definition) is 4. The first kappa shape index (κ1) is 18.9. The van der Waals surface area contributed by atoms with E-state index in [4.69, 9.17) is 5.11 Å². The van der Waals surface area contributed by atoms with Crippen molar-refractivity contribution >= 4 is 22.0 Å². The lowest BCUT2D eigenvalue weighted by Crippen LogP contribution is -2.35. The average Bonchev–Trinajstić information content (AvgIpc) is 2.49. The Kier molecular flexibility index (Phi) is 7.49. The first-order valence-corrected chi connectivity index (χ1v) is 8.65. The zero-order chi connectivity index (χ0) is 17.3. The Bertz CT molecular complexity index is 646. The summed E-state index contributed by atoms with van der Waals surface area (Å²) in [5.41, 5.74) is 0.643. The van der Waals surface area contributed by atoms with Gasteiger partial charge in [-0.3, -0.25) is 4.79 Å².